The van der Waals surface area contributed by atoms with E-state index in [1.807, 2.05) is 13.0 Å². The normalized spacial score (nSPS) is 19.9. The van der Waals surface area contributed by atoms with Gasteiger partial charge < -0.3 is 19.9 Å². The van der Waals surface area contributed by atoms with Crippen molar-refractivity contribution >= 4 is 40.7 Å². The largest absolute Gasteiger partial charge is 0.503 e. The van der Waals surface area contributed by atoms with E-state index < -0.39 is 0 Å². The van der Waals surface area contributed by atoms with Crippen LogP contribution in [0.3, 0.4) is 0 Å². The fourth-order valence-corrected chi connectivity index (χ4v) is 4.26. The number of halogens is 3. The summed E-state index contributed by atoms with van der Waals surface area (Å²) >= 11 is 3.50. The summed E-state index contributed by atoms with van der Waals surface area (Å²) in [4.78, 5) is 2.57. The van der Waals surface area contributed by atoms with E-state index >= 15 is 0 Å². The van der Waals surface area contributed by atoms with E-state index in [-0.39, 0.29) is 30.6 Å². The molecule has 0 saturated carbocycles. The number of benzene rings is 1. The molecule has 1 aromatic rings. The van der Waals surface area contributed by atoms with E-state index in [2.05, 4.69) is 32.2 Å². The standard InChI is InChI=1S/C18H27BrN2O3.2ClH/c1-2-24-16-12-14(11-15(19)18(16)22)17(13-3-9-23-10-4-13)21-7-5-20-6-8-21;;/h11-13,17,20,22H,2-10H2,1H3;2*1H/t17-;;/m1../s1. The van der Waals surface area contributed by atoms with Crippen LogP contribution in [0.1, 0.15) is 31.4 Å². The highest BCUT2D eigenvalue weighted by Gasteiger charge is 2.32. The minimum Gasteiger partial charge on any atom is -0.503 e. The van der Waals surface area contributed by atoms with E-state index in [0.29, 0.717) is 28.8 Å². The van der Waals surface area contributed by atoms with Gasteiger partial charge in [-0.3, -0.25) is 4.90 Å². The van der Waals surface area contributed by atoms with Crippen LogP contribution in [0.5, 0.6) is 11.5 Å². The predicted molar refractivity (Wildman–Crippen MR) is 112 cm³/mol. The first-order chi connectivity index (χ1) is 11.7. The third kappa shape index (κ3) is 5.63. The van der Waals surface area contributed by atoms with E-state index in [0.717, 1.165) is 52.2 Å². The lowest BCUT2D eigenvalue weighted by Crippen LogP contribution is -2.47. The Kier molecular flexibility index (Phi) is 10.6. The van der Waals surface area contributed by atoms with Crippen LogP contribution in [-0.4, -0.2) is 56.0 Å². The smallest absolute Gasteiger partial charge is 0.172 e. The molecule has 3 rings (SSSR count). The third-order valence-corrected chi connectivity index (χ3v) is 5.55. The maximum atomic E-state index is 10.2. The molecule has 2 saturated heterocycles. The van der Waals surface area contributed by atoms with Crippen LogP contribution in [0.2, 0.25) is 0 Å². The van der Waals surface area contributed by atoms with Gasteiger partial charge in [0.15, 0.2) is 11.5 Å². The van der Waals surface area contributed by atoms with Gasteiger partial charge in [0.25, 0.3) is 0 Å². The second-order valence-electron chi connectivity index (χ2n) is 6.46. The number of nitrogens with zero attached hydrogens (tertiary/aromatic N) is 1. The van der Waals surface area contributed by atoms with Crippen molar-refractivity contribution in [2.24, 2.45) is 5.92 Å². The summed E-state index contributed by atoms with van der Waals surface area (Å²) in [5.74, 6) is 1.32. The Labute approximate surface area is 176 Å². The zero-order chi connectivity index (χ0) is 16.9. The topological polar surface area (TPSA) is 54.0 Å². The van der Waals surface area contributed by atoms with Crippen LogP contribution >= 0.6 is 40.7 Å². The second kappa shape index (κ2) is 11.6. The van der Waals surface area contributed by atoms with Gasteiger partial charge in [0.05, 0.1) is 11.1 Å². The van der Waals surface area contributed by atoms with Crippen molar-refractivity contribution in [3.8, 4) is 11.5 Å². The Morgan fingerprint density at radius 1 is 1.27 bits per heavy atom. The predicted octanol–water partition coefficient (Wildman–Crippen LogP) is 3.77. The van der Waals surface area contributed by atoms with Crippen LogP contribution in [0.15, 0.2) is 16.6 Å². The molecule has 2 fully saturated rings. The molecule has 0 radical (unpaired) electrons. The Morgan fingerprint density at radius 2 is 1.92 bits per heavy atom. The van der Waals surface area contributed by atoms with Crippen LogP contribution in [0.25, 0.3) is 0 Å². The van der Waals surface area contributed by atoms with Crippen molar-refractivity contribution in [1.29, 1.82) is 0 Å². The Balaban J connectivity index is 0.00000169. The molecule has 8 heteroatoms. The lowest BCUT2D eigenvalue weighted by molar-refractivity contribution is 0.0212. The van der Waals surface area contributed by atoms with Gasteiger partial charge in [-0.05, 0) is 59.3 Å². The molecule has 2 heterocycles. The molecule has 2 aliphatic rings. The highest BCUT2D eigenvalue weighted by molar-refractivity contribution is 9.10. The van der Waals surface area contributed by atoms with Crippen LogP contribution in [0.4, 0.5) is 0 Å². The fraction of sp³-hybridized carbons (Fsp3) is 0.667. The molecule has 0 bridgehead atoms. The minimum absolute atomic E-state index is 0. The van der Waals surface area contributed by atoms with Gasteiger partial charge in [0.2, 0.25) is 0 Å². The van der Waals surface area contributed by atoms with Crippen LogP contribution < -0.4 is 10.1 Å². The average Bonchev–Trinajstić information content (AvgIpc) is 2.61. The van der Waals surface area contributed by atoms with Gasteiger partial charge in [-0.15, -0.1) is 24.8 Å². The number of ether oxygens (including phenoxy) is 2. The van der Waals surface area contributed by atoms with Gasteiger partial charge in [0, 0.05) is 45.4 Å². The molecule has 26 heavy (non-hydrogen) atoms. The molecule has 1 aromatic carbocycles. The van der Waals surface area contributed by atoms with E-state index in [1.54, 1.807) is 0 Å². The monoisotopic (exact) mass is 470 g/mol. The highest BCUT2D eigenvalue weighted by atomic mass is 79.9. The zero-order valence-electron chi connectivity index (χ0n) is 15.1. The van der Waals surface area contributed by atoms with Crippen molar-refractivity contribution in [2.75, 3.05) is 46.0 Å². The number of phenols is 1. The second-order valence-corrected chi connectivity index (χ2v) is 7.32. The molecule has 0 spiro atoms. The maximum Gasteiger partial charge on any atom is 0.172 e. The average molecular weight is 472 g/mol. The molecular formula is C18H29BrCl2N2O3. The number of hydrogen-bond donors (Lipinski definition) is 2. The summed E-state index contributed by atoms with van der Waals surface area (Å²) in [5, 5.41) is 13.7. The number of hydrogen-bond acceptors (Lipinski definition) is 5. The van der Waals surface area contributed by atoms with Crippen molar-refractivity contribution in [3.63, 3.8) is 0 Å². The molecule has 150 valence electrons. The first-order valence-corrected chi connectivity index (χ1v) is 9.67. The van der Waals surface area contributed by atoms with Gasteiger partial charge >= 0.3 is 0 Å². The van der Waals surface area contributed by atoms with Crippen molar-refractivity contribution in [2.45, 2.75) is 25.8 Å². The lowest BCUT2D eigenvalue weighted by Gasteiger charge is -2.41. The van der Waals surface area contributed by atoms with Crippen molar-refractivity contribution in [1.82, 2.24) is 10.2 Å². The molecule has 0 aromatic heterocycles. The summed E-state index contributed by atoms with van der Waals surface area (Å²) in [7, 11) is 0. The Morgan fingerprint density at radius 3 is 2.54 bits per heavy atom. The number of phenolic OH excluding ortho intramolecular Hbond substituents is 1. The van der Waals surface area contributed by atoms with E-state index in [1.165, 1.54) is 5.56 Å². The molecule has 0 aliphatic carbocycles. The lowest BCUT2D eigenvalue weighted by atomic mass is 9.85. The maximum absolute atomic E-state index is 10.2. The molecular weight excluding hydrogens is 443 g/mol. The quantitative estimate of drug-likeness (QED) is 0.684. The van der Waals surface area contributed by atoms with E-state index in [4.69, 9.17) is 9.47 Å². The summed E-state index contributed by atoms with van der Waals surface area (Å²) in [5.41, 5.74) is 1.22. The number of nitrogens with one attached hydrogen (secondary N) is 1. The molecule has 2 N–H and O–H groups in total. The molecule has 2 aliphatic heterocycles. The highest BCUT2D eigenvalue weighted by Crippen LogP contribution is 2.42. The zero-order valence-corrected chi connectivity index (χ0v) is 18.3. The minimum atomic E-state index is 0. The molecule has 5 nitrogen and oxygen atoms in total. The number of piperazine rings is 1. The molecule has 1 atom stereocenters. The summed E-state index contributed by atoms with van der Waals surface area (Å²) in [6.07, 6.45) is 2.16. The summed E-state index contributed by atoms with van der Waals surface area (Å²) in [6.45, 7) is 8.30. The van der Waals surface area contributed by atoms with Crippen molar-refractivity contribution in [3.05, 3.63) is 22.2 Å². The van der Waals surface area contributed by atoms with Crippen LogP contribution in [0, 0.1) is 5.92 Å². The van der Waals surface area contributed by atoms with Gasteiger partial charge in [-0.1, -0.05) is 0 Å². The summed E-state index contributed by atoms with van der Waals surface area (Å²) in [6, 6.07) is 4.42. The Bertz CT molecular complexity index is 535. The molecule has 0 unspecified atom stereocenters. The van der Waals surface area contributed by atoms with E-state index in [9.17, 15) is 5.11 Å². The first-order valence-electron chi connectivity index (χ1n) is 8.88. The first kappa shape index (κ1) is 23.8. The number of rotatable bonds is 5. The summed E-state index contributed by atoms with van der Waals surface area (Å²) < 4.78 is 11.9. The Hall–Kier alpha value is -0.240. The van der Waals surface area contributed by atoms with Gasteiger partial charge in [0.1, 0.15) is 0 Å². The molecule has 0 amide bonds. The number of aromatic hydroxyl groups is 1. The van der Waals surface area contributed by atoms with Crippen molar-refractivity contribution < 1.29 is 14.6 Å². The van der Waals surface area contributed by atoms with Gasteiger partial charge in [-0.25, -0.2) is 0 Å². The van der Waals surface area contributed by atoms with Gasteiger partial charge in [-0.2, -0.15) is 0 Å². The SMILES string of the molecule is CCOc1cc([C@@H](C2CCOCC2)N2CCNCC2)cc(Br)c1O.Cl.Cl. The fourth-order valence-electron chi connectivity index (χ4n) is 3.80. The van der Waals surface area contributed by atoms with Crippen LogP contribution in [-0.2, 0) is 4.74 Å². The third-order valence-electron chi connectivity index (χ3n) is 4.95.